The van der Waals surface area contributed by atoms with Crippen molar-refractivity contribution < 1.29 is 18.7 Å². The van der Waals surface area contributed by atoms with Gasteiger partial charge in [-0.1, -0.05) is 30.3 Å². The fourth-order valence-corrected chi connectivity index (χ4v) is 5.36. The summed E-state index contributed by atoms with van der Waals surface area (Å²) in [6, 6.07) is 19.8. The van der Waals surface area contributed by atoms with Crippen LogP contribution in [0.3, 0.4) is 0 Å². The fraction of sp³-hybridized carbons (Fsp3) is 0.259. The molecule has 0 spiro atoms. The molecule has 1 N–H and O–H groups in total. The van der Waals surface area contributed by atoms with Crippen LogP contribution in [-0.2, 0) is 16.0 Å². The van der Waals surface area contributed by atoms with Crippen LogP contribution in [0.25, 0.3) is 0 Å². The molecule has 0 aliphatic carbocycles. The highest BCUT2D eigenvalue weighted by atomic mass is 32.2. The predicted octanol–water partition coefficient (Wildman–Crippen LogP) is 4.60. The lowest BCUT2D eigenvalue weighted by atomic mass is 10.2. The highest BCUT2D eigenvalue weighted by molar-refractivity contribution is 8.00. The third kappa shape index (κ3) is 5.18. The molecule has 6 nitrogen and oxygen atoms in total. The zero-order valence-electron chi connectivity index (χ0n) is 19.2. The van der Waals surface area contributed by atoms with Gasteiger partial charge in [-0.05, 0) is 48.4 Å². The number of rotatable bonds is 6. The maximum Gasteiger partial charge on any atom is 0.256 e. The number of amides is 2. The first-order valence-corrected chi connectivity index (χ1v) is 12.6. The summed E-state index contributed by atoms with van der Waals surface area (Å²) in [5.74, 6) is -0.494. The Morgan fingerprint density at radius 1 is 0.943 bits per heavy atom. The van der Waals surface area contributed by atoms with Gasteiger partial charge < -0.3 is 19.9 Å². The van der Waals surface area contributed by atoms with Crippen LogP contribution < -0.4 is 15.1 Å². The Hall–Kier alpha value is -3.36. The molecule has 5 rings (SSSR count). The fourth-order valence-electron chi connectivity index (χ4n) is 4.44. The minimum absolute atomic E-state index is 0.0101. The maximum absolute atomic E-state index is 14.7. The van der Waals surface area contributed by atoms with Crippen LogP contribution in [0, 0.1) is 5.82 Å². The number of hydrogen-bond acceptors (Lipinski definition) is 5. The molecule has 3 aromatic carbocycles. The van der Waals surface area contributed by atoms with Crippen molar-refractivity contribution in [3.05, 3.63) is 83.7 Å². The van der Waals surface area contributed by atoms with E-state index in [0.717, 1.165) is 12.1 Å². The zero-order chi connectivity index (χ0) is 24.2. The van der Waals surface area contributed by atoms with E-state index in [1.807, 2.05) is 46.2 Å². The molecule has 0 bridgehead atoms. The summed E-state index contributed by atoms with van der Waals surface area (Å²) in [6.07, 6.45) is 0.854. The van der Waals surface area contributed by atoms with E-state index < -0.39 is 0 Å². The summed E-state index contributed by atoms with van der Waals surface area (Å²) in [6.45, 7) is 3.08. The number of hydrogen-bond donors (Lipinski definition) is 1. The molecule has 0 aromatic heterocycles. The molecule has 2 amide bonds. The van der Waals surface area contributed by atoms with E-state index in [-0.39, 0.29) is 23.4 Å². The number of para-hydroxylation sites is 1. The minimum Gasteiger partial charge on any atom is -0.378 e. The van der Waals surface area contributed by atoms with Crippen LogP contribution in [0.4, 0.5) is 21.5 Å². The summed E-state index contributed by atoms with van der Waals surface area (Å²) in [5.41, 5.74) is 3.48. The van der Waals surface area contributed by atoms with Crippen LogP contribution in [0.15, 0.2) is 71.6 Å². The second kappa shape index (κ2) is 10.5. The first-order valence-electron chi connectivity index (χ1n) is 11.6. The van der Waals surface area contributed by atoms with Gasteiger partial charge >= 0.3 is 0 Å². The smallest absolute Gasteiger partial charge is 0.256 e. The zero-order valence-corrected chi connectivity index (χ0v) is 20.0. The topological polar surface area (TPSA) is 61.9 Å². The largest absolute Gasteiger partial charge is 0.378 e. The predicted molar refractivity (Wildman–Crippen MR) is 137 cm³/mol. The molecular weight excluding hydrogens is 465 g/mol. The molecule has 2 aliphatic rings. The van der Waals surface area contributed by atoms with Crippen molar-refractivity contribution in [3.63, 3.8) is 0 Å². The number of ether oxygens (including phenoxy) is 1. The van der Waals surface area contributed by atoms with Crippen LogP contribution in [0.5, 0.6) is 0 Å². The number of fused-ring (bicyclic) bond motifs is 1. The van der Waals surface area contributed by atoms with Crippen LogP contribution >= 0.6 is 11.8 Å². The summed E-state index contributed by atoms with van der Waals surface area (Å²) in [7, 11) is 0. The lowest BCUT2D eigenvalue weighted by Gasteiger charge is -2.29. The lowest BCUT2D eigenvalue weighted by molar-refractivity contribution is -0.116. The second-order valence-corrected chi connectivity index (χ2v) is 9.45. The highest BCUT2D eigenvalue weighted by Gasteiger charge is 2.24. The van der Waals surface area contributed by atoms with Crippen molar-refractivity contribution in [2.24, 2.45) is 0 Å². The Balaban J connectivity index is 1.24. The van der Waals surface area contributed by atoms with E-state index in [1.54, 1.807) is 24.3 Å². The Kier molecular flexibility index (Phi) is 7.01. The number of benzene rings is 3. The van der Waals surface area contributed by atoms with Gasteiger partial charge in [-0.3, -0.25) is 9.59 Å². The quantitative estimate of drug-likeness (QED) is 0.511. The molecule has 180 valence electrons. The van der Waals surface area contributed by atoms with Gasteiger partial charge in [0.1, 0.15) is 5.82 Å². The molecule has 1 fully saturated rings. The summed E-state index contributed by atoms with van der Waals surface area (Å²) in [5, 5.41) is 2.79. The molecular formula is C27H26FN3O3S. The average molecular weight is 492 g/mol. The Morgan fingerprint density at radius 3 is 2.54 bits per heavy atom. The molecule has 2 aliphatic heterocycles. The SMILES string of the molecule is O=C(Nc1ccc(N2CCOCC2)c(F)c1)c1ccccc1SCC(=O)N1CCc2ccccc21. The van der Waals surface area contributed by atoms with E-state index >= 15 is 0 Å². The monoisotopic (exact) mass is 491 g/mol. The number of carbonyl (C=O) groups excluding carboxylic acids is 2. The summed E-state index contributed by atoms with van der Waals surface area (Å²) in [4.78, 5) is 30.4. The van der Waals surface area contributed by atoms with Crippen LogP contribution in [0.1, 0.15) is 15.9 Å². The molecule has 3 aromatic rings. The molecule has 35 heavy (non-hydrogen) atoms. The van der Waals surface area contributed by atoms with Crippen molar-refractivity contribution >= 4 is 40.6 Å². The molecule has 0 saturated carbocycles. The minimum atomic E-state index is -0.385. The first-order chi connectivity index (χ1) is 17.1. The Morgan fingerprint density at radius 2 is 1.71 bits per heavy atom. The van der Waals surface area contributed by atoms with Crippen LogP contribution in [0.2, 0.25) is 0 Å². The molecule has 2 heterocycles. The van der Waals surface area contributed by atoms with Gasteiger partial charge in [0.05, 0.1) is 30.2 Å². The molecule has 0 atom stereocenters. The van der Waals surface area contributed by atoms with Gasteiger partial charge in [-0.2, -0.15) is 0 Å². The van der Waals surface area contributed by atoms with E-state index in [4.69, 9.17) is 4.74 Å². The first kappa shape index (κ1) is 23.4. The second-order valence-electron chi connectivity index (χ2n) is 8.43. The number of halogens is 1. The van der Waals surface area contributed by atoms with Crippen molar-refractivity contribution in [2.75, 3.05) is 53.7 Å². The third-order valence-corrected chi connectivity index (χ3v) is 7.29. The lowest BCUT2D eigenvalue weighted by Crippen LogP contribution is -2.36. The van der Waals surface area contributed by atoms with Gasteiger partial charge in [0, 0.05) is 35.9 Å². The maximum atomic E-state index is 14.7. The number of morpholine rings is 1. The standard InChI is InChI=1S/C27H26FN3O3S/c28-22-17-20(9-10-24(22)30-13-15-34-16-14-30)29-27(33)21-6-2-4-8-25(21)35-18-26(32)31-12-11-19-5-1-3-7-23(19)31/h1-10,17H,11-16,18H2,(H,29,33). The van der Waals surface area contributed by atoms with Crippen molar-refractivity contribution in [2.45, 2.75) is 11.3 Å². The van der Waals surface area contributed by atoms with Crippen LogP contribution in [-0.4, -0.2) is 50.4 Å². The number of carbonyl (C=O) groups is 2. The number of nitrogens with zero attached hydrogens (tertiary/aromatic N) is 2. The van der Waals surface area contributed by atoms with Crippen molar-refractivity contribution in [1.82, 2.24) is 0 Å². The number of thioether (sulfide) groups is 1. The highest BCUT2D eigenvalue weighted by Crippen LogP contribution is 2.30. The summed E-state index contributed by atoms with van der Waals surface area (Å²) < 4.78 is 20.1. The van der Waals surface area contributed by atoms with Gasteiger partial charge in [0.15, 0.2) is 0 Å². The van der Waals surface area contributed by atoms with Gasteiger partial charge in [0.2, 0.25) is 5.91 Å². The van der Waals surface area contributed by atoms with Crippen molar-refractivity contribution in [3.8, 4) is 0 Å². The average Bonchev–Trinajstić information content (AvgIpc) is 3.32. The number of anilines is 3. The molecule has 0 unspecified atom stereocenters. The van der Waals surface area contributed by atoms with E-state index in [1.165, 1.54) is 23.4 Å². The van der Waals surface area contributed by atoms with E-state index in [9.17, 15) is 14.0 Å². The van der Waals surface area contributed by atoms with E-state index in [0.29, 0.717) is 54.7 Å². The normalized spacial score (nSPS) is 15.1. The number of nitrogens with one attached hydrogen (secondary N) is 1. The Bertz CT molecular complexity index is 1250. The Labute approximate surface area is 208 Å². The van der Waals surface area contributed by atoms with Crippen molar-refractivity contribution in [1.29, 1.82) is 0 Å². The van der Waals surface area contributed by atoms with Gasteiger partial charge in [-0.25, -0.2) is 4.39 Å². The van der Waals surface area contributed by atoms with E-state index in [2.05, 4.69) is 5.32 Å². The van der Waals surface area contributed by atoms with Gasteiger partial charge in [-0.15, -0.1) is 11.8 Å². The molecule has 8 heteroatoms. The molecule has 0 radical (unpaired) electrons. The molecule has 1 saturated heterocycles. The summed E-state index contributed by atoms with van der Waals surface area (Å²) >= 11 is 1.34. The third-order valence-electron chi connectivity index (χ3n) is 6.23. The van der Waals surface area contributed by atoms with Gasteiger partial charge in [0.25, 0.3) is 5.91 Å².